The third-order valence-corrected chi connectivity index (χ3v) is 3.00. The van der Waals surface area contributed by atoms with Gasteiger partial charge in [-0.3, -0.25) is 0 Å². The van der Waals surface area contributed by atoms with Crippen LogP contribution < -0.4 is 0 Å². The second-order valence-corrected chi connectivity index (χ2v) is 6.07. The highest BCUT2D eigenvalue weighted by molar-refractivity contribution is 8.01. The van der Waals surface area contributed by atoms with Crippen LogP contribution >= 0.6 is 11.8 Å². The van der Waals surface area contributed by atoms with Gasteiger partial charge in [-0.05, 0) is 19.1 Å². The van der Waals surface area contributed by atoms with Gasteiger partial charge in [0.15, 0.2) is 6.29 Å². The fourth-order valence-corrected chi connectivity index (χ4v) is 2.88. The van der Waals surface area contributed by atoms with Crippen molar-refractivity contribution < 1.29 is 9.47 Å². The van der Waals surface area contributed by atoms with Crippen molar-refractivity contribution in [2.75, 3.05) is 13.2 Å². The van der Waals surface area contributed by atoms with Crippen molar-refractivity contribution in [3.8, 4) is 0 Å². The Balaban J connectivity index is 2.45. The second-order valence-electron chi connectivity index (χ2n) is 3.84. The summed E-state index contributed by atoms with van der Waals surface area (Å²) in [6.45, 7) is 10.2. The summed E-state index contributed by atoms with van der Waals surface area (Å²) in [7, 11) is 0. The van der Waals surface area contributed by atoms with Gasteiger partial charge in [-0.2, -0.15) is 0 Å². The molecule has 1 aliphatic heterocycles. The van der Waals surface area contributed by atoms with E-state index >= 15 is 0 Å². The number of hydrogen-bond donors (Lipinski definition) is 0. The van der Waals surface area contributed by atoms with Crippen molar-refractivity contribution in [1.82, 2.24) is 0 Å². The van der Waals surface area contributed by atoms with E-state index in [1.165, 1.54) is 0 Å². The molecular weight excluding hydrogens is 172 g/mol. The molecule has 0 N–H and O–H groups in total. The highest BCUT2D eigenvalue weighted by atomic mass is 32.2. The first-order chi connectivity index (χ1) is 5.52. The van der Waals surface area contributed by atoms with E-state index in [0.717, 1.165) is 13.2 Å². The van der Waals surface area contributed by atoms with Gasteiger partial charge >= 0.3 is 0 Å². The Morgan fingerprint density at radius 3 is 2.17 bits per heavy atom. The summed E-state index contributed by atoms with van der Waals surface area (Å²) < 4.78 is 11.0. The number of hydrogen-bond acceptors (Lipinski definition) is 3. The first kappa shape index (κ1) is 10.4. The fourth-order valence-electron chi connectivity index (χ4n) is 1.42. The molecule has 0 atom stereocenters. The Labute approximate surface area is 79.0 Å². The second kappa shape index (κ2) is 3.99. The topological polar surface area (TPSA) is 18.5 Å². The lowest BCUT2D eigenvalue weighted by molar-refractivity contribution is -0.0613. The van der Waals surface area contributed by atoms with Crippen LogP contribution in [0, 0.1) is 0 Å². The van der Waals surface area contributed by atoms with Crippen LogP contribution in [-0.2, 0) is 9.47 Å². The van der Waals surface area contributed by atoms with Crippen LogP contribution in [0.1, 0.15) is 27.7 Å². The van der Waals surface area contributed by atoms with Crippen LogP contribution in [-0.4, -0.2) is 29.5 Å². The predicted molar refractivity (Wildman–Crippen MR) is 52.5 cm³/mol. The van der Waals surface area contributed by atoms with Crippen molar-refractivity contribution in [2.24, 2.45) is 0 Å². The van der Waals surface area contributed by atoms with E-state index in [9.17, 15) is 0 Å². The van der Waals surface area contributed by atoms with Gasteiger partial charge in [0.05, 0.1) is 18.0 Å². The fraction of sp³-hybridized carbons (Fsp3) is 1.00. The van der Waals surface area contributed by atoms with Crippen LogP contribution in [0.25, 0.3) is 0 Å². The minimum atomic E-state index is -0.0232. The summed E-state index contributed by atoms with van der Waals surface area (Å²) in [5.41, 5.74) is 0. The molecule has 0 aromatic carbocycles. The summed E-state index contributed by atoms with van der Waals surface area (Å²) in [6, 6.07) is 0. The van der Waals surface area contributed by atoms with Gasteiger partial charge in [0, 0.05) is 0 Å². The van der Waals surface area contributed by atoms with E-state index in [0.29, 0.717) is 5.25 Å². The molecule has 0 saturated carbocycles. The molecule has 72 valence electrons. The quantitative estimate of drug-likeness (QED) is 0.680. The lowest BCUT2D eigenvalue weighted by Gasteiger charge is -2.30. The molecule has 0 unspecified atom stereocenters. The van der Waals surface area contributed by atoms with Gasteiger partial charge in [0.2, 0.25) is 0 Å². The first-order valence-corrected chi connectivity index (χ1v) is 5.31. The molecule has 1 heterocycles. The van der Waals surface area contributed by atoms with Crippen LogP contribution in [0.4, 0.5) is 0 Å². The van der Waals surface area contributed by atoms with Crippen molar-refractivity contribution in [3.05, 3.63) is 0 Å². The molecule has 0 bridgehead atoms. The zero-order valence-electron chi connectivity index (χ0n) is 8.29. The minimum Gasteiger partial charge on any atom is -0.349 e. The normalized spacial score (nSPS) is 20.8. The summed E-state index contributed by atoms with van der Waals surface area (Å²) in [5.74, 6) is 0. The van der Waals surface area contributed by atoms with E-state index in [4.69, 9.17) is 9.47 Å². The molecule has 1 rings (SSSR count). The summed E-state index contributed by atoms with van der Waals surface area (Å²) in [5, 5.41) is 0.618. The number of rotatable bonds is 3. The van der Waals surface area contributed by atoms with Gasteiger partial charge in [0.1, 0.15) is 0 Å². The predicted octanol–water partition coefficient (Wildman–Crippen LogP) is 2.28. The molecule has 12 heavy (non-hydrogen) atoms. The number of thioether (sulfide) groups is 1. The van der Waals surface area contributed by atoms with Gasteiger partial charge in [0.25, 0.3) is 0 Å². The molecule has 0 aromatic heterocycles. The van der Waals surface area contributed by atoms with Crippen LogP contribution in [0.5, 0.6) is 0 Å². The molecule has 0 radical (unpaired) electrons. The molecular formula is C9H18O2S. The Morgan fingerprint density at radius 2 is 1.75 bits per heavy atom. The maximum Gasteiger partial charge on any atom is 0.171 e. The summed E-state index contributed by atoms with van der Waals surface area (Å²) in [4.78, 5) is 0. The van der Waals surface area contributed by atoms with Gasteiger partial charge in [-0.15, -0.1) is 11.8 Å². The van der Waals surface area contributed by atoms with Crippen molar-refractivity contribution in [1.29, 1.82) is 0 Å². The van der Waals surface area contributed by atoms with Gasteiger partial charge < -0.3 is 9.47 Å². The average Bonchev–Trinajstić information content (AvgIpc) is 2.32. The smallest absolute Gasteiger partial charge is 0.171 e. The van der Waals surface area contributed by atoms with Gasteiger partial charge in [-0.1, -0.05) is 13.8 Å². The standard InChI is InChI=1S/C9H18O2S/c1-7(2)12-9(3,4)8-10-5-6-11-8/h7-8H,5-6H2,1-4H3. The molecule has 0 amide bonds. The Bertz CT molecular complexity index is 139. The summed E-state index contributed by atoms with van der Waals surface area (Å²) >= 11 is 1.90. The molecule has 0 aliphatic carbocycles. The maximum absolute atomic E-state index is 5.48. The van der Waals surface area contributed by atoms with E-state index < -0.39 is 0 Å². The van der Waals surface area contributed by atoms with Crippen LogP contribution in [0.15, 0.2) is 0 Å². The first-order valence-electron chi connectivity index (χ1n) is 4.43. The van der Waals surface area contributed by atoms with E-state index in [1.807, 2.05) is 11.8 Å². The number of ether oxygens (including phenoxy) is 2. The SMILES string of the molecule is CC(C)SC(C)(C)C1OCCO1. The largest absolute Gasteiger partial charge is 0.349 e. The van der Waals surface area contributed by atoms with E-state index in [1.54, 1.807) is 0 Å². The zero-order chi connectivity index (χ0) is 9.19. The third-order valence-electron chi connectivity index (χ3n) is 1.73. The van der Waals surface area contributed by atoms with Crippen LogP contribution in [0.2, 0.25) is 0 Å². The Kier molecular flexibility index (Phi) is 3.44. The highest BCUT2D eigenvalue weighted by Crippen LogP contribution is 2.35. The Hall–Kier alpha value is 0.270. The monoisotopic (exact) mass is 190 g/mol. The lowest BCUT2D eigenvalue weighted by Crippen LogP contribution is -2.34. The van der Waals surface area contributed by atoms with E-state index in [-0.39, 0.29) is 11.0 Å². The summed E-state index contributed by atoms with van der Waals surface area (Å²) in [6.07, 6.45) is -0.0232. The molecule has 1 aliphatic rings. The lowest BCUT2D eigenvalue weighted by atomic mass is 10.2. The molecule has 0 spiro atoms. The van der Waals surface area contributed by atoms with Crippen molar-refractivity contribution in [2.45, 2.75) is 44.0 Å². The molecule has 1 fully saturated rings. The van der Waals surface area contributed by atoms with Crippen molar-refractivity contribution in [3.63, 3.8) is 0 Å². The van der Waals surface area contributed by atoms with Crippen LogP contribution in [0.3, 0.4) is 0 Å². The minimum absolute atomic E-state index is 0.0232. The maximum atomic E-state index is 5.48. The van der Waals surface area contributed by atoms with E-state index in [2.05, 4.69) is 27.7 Å². The highest BCUT2D eigenvalue weighted by Gasteiger charge is 2.35. The van der Waals surface area contributed by atoms with Gasteiger partial charge in [-0.25, -0.2) is 0 Å². The zero-order valence-corrected chi connectivity index (χ0v) is 9.11. The van der Waals surface area contributed by atoms with Crippen molar-refractivity contribution >= 4 is 11.8 Å². The third kappa shape index (κ3) is 2.64. The molecule has 1 saturated heterocycles. The average molecular weight is 190 g/mol. The molecule has 3 heteroatoms. The molecule has 2 nitrogen and oxygen atoms in total. The molecule has 0 aromatic rings. The Morgan fingerprint density at radius 1 is 1.25 bits per heavy atom.